The molecule has 2 amide bonds. The smallest absolute Gasteiger partial charge is 0.315 e. The molecule has 2 aliphatic rings. The summed E-state index contributed by atoms with van der Waals surface area (Å²) >= 11 is 0. The maximum Gasteiger partial charge on any atom is 0.315 e. The Morgan fingerprint density at radius 1 is 1.40 bits per heavy atom. The maximum absolute atomic E-state index is 12.2. The number of urea groups is 1. The number of hydrogen-bond acceptors (Lipinski definition) is 3. The number of benzene rings is 1. The molecule has 1 saturated heterocycles. The van der Waals surface area contributed by atoms with Crippen LogP contribution in [0.1, 0.15) is 32.5 Å². The molecule has 0 bridgehead atoms. The van der Waals surface area contributed by atoms with Crippen LogP contribution < -0.4 is 10.6 Å². The zero-order valence-electron chi connectivity index (χ0n) is 14.8. The lowest BCUT2D eigenvalue weighted by Gasteiger charge is -2.54. The third kappa shape index (κ3) is 2.99. The monoisotopic (exact) mass is 342 g/mol. The van der Waals surface area contributed by atoms with Gasteiger partial charge in [0, 0.05) is 36.9 Å². The van der Waals surface area contributed by atoms with Crippen molar-refractivity contribution in [2.45, 2.75) is 45.3 Å². The van der Waals surface area contributed by atoms with Crippen molar-refractivity contribution in [1.29, 1.82) is 0 Å². The van der Waals surface area contributed by atoms with E-state index in [-0.39, 0.29) is 17.5 Å². The van der Waals surface area contributed by atoms with Gasteiger partial charge in [0.1, 0.15) is 5.82 Å². The van der Waals surface area contributed by atoms with Crippen LogP contribution in [-0.2, 0) is 11.2 Å². The Morgan fingerprint density at radius 2 is 2.24 bits per heavy atom. The first kappa shape index (κ1) is 16.4. The number of rotatable bonds is 5. The van der Waals surface area contributed by atoms with Crippen LogP contribution in [0.15, 0.2) is 24.3 Å². The summed E-state index contributed by atoms with van der Waals surface area (Å²) in [4.78, 5) is 20.1. The molecular formula is C19H26N4O2. The number of imidazole rings is 1. The number of aryl methyl sites for hydroxylation is 1. The Labute approximate surface area is 147 Å². The molecule has 1 aliphatic heterocycles. The van der Waals surface area contributed by atoms with Crippen LogP contribution in [0.4, 0.5) is 4.79 Å². The number of ether oxygens (including phenoxy) is 1. The summed E-state index contributed by atoms with van der Waals surface area (Å²) in [5, 5.41) is 6.12. The normalized spacial score (nSPS) is 26.9. The van der Waals surface area contributed by atoms with Crippen molar-refractivity contribution in [3.05, 3.63) is 30.1 Å². The molecule has 1 aromatic carbocycles. The second kappa shape index (κ2) is 6.33. The fraction of sp³-hybridized carbons (Fsp3) is 0.579. The molecule has 1 aliphatic carbocycles. The number of para-hydroxylation sites is 2. The van der Waals surface area contributed by atoms with Crippen molar-refractivity contribution in [2.24, 2.45) is 11.3 Å². The lowest BCUT2D eigenvalue weighted by atomic mass is 9.57. The van der Waals surface area contributed by atoms with E-state index in [1.54, 1.807) is 0 Å². The molecule has 6 heteroatoms. The van der Waals surface area contributed by atoms with E-state index in [9.17, 15) is 4.79 Å². The highest BCUT2D eigenvalue weighted by atomic mass is 16.5. The molecule has 0 radical (unpaired) electrons. The van der Waals surface area contributed by atoms with E-state index in [1.807, 2.05) is 24.3 Å². The quantitative estimate of drug-likeness (QED) is 0.731. The summed E-state index contributed by atoms with van der Waals surface area (Å²) in [6, 6.07) is 8.14. The van der Waals surface area contributed by atoms with Gasteiger partial charge in [0.2, 0.25) is 0 Å². The SMILES string of the molecule is CC1(C)[C@H](NC(=O)NCCCc2nc3ccccc3[nH]2)[C@H]2CCO[C@@H]21. The van der Waals surface area contributed by atoms with Crippen LogP contribution in [-0.4, -0.2) is 41.3 Å². The molecule has 2 heterocycles. The molecule has 2 aromatic rings. The Bertz CT molecular complexity index is 737. The van der Waals surface area contributed by atoms with Crippen LogP contribution in [0.5, 0.6) is 0 Å². The van der Waals surface area contributed by atoms with Crippen molar-refractivity contribution in [2.75, 3.05) is 13.2 Å². The van der Waals surface area contributed by atoms with Gasteiger partial charge in [-0.15, -0.1) is 0 Å². The Balaban J connectivity index is 1.21. The zero-order chi connectivity index (χ0) is 17.4. The average Bonchev–Trinajstić information content (AvgIpc) is 3.21. The van der Waals surface area contributed by atoms with Gasteiger partial charge in [0.25, 0.3) is 0 Å². The van der Waals surface area contributed by atoms with E-state index in [0.29, 0.717) is 18.6 Å². The molecule has 25 heavy (non-hydrogen) atoms. The highest BCUT2D eigenvalue weighted by molar-refractivity contribution is 5.75. The predicted octanol–water partition coefficient (Wildman–Crippen LogP) is 2.61. The molecule has 1 aromatic heterocycles. The van der Waals surface area contributed by atoms with Gasteiger partial charge in [0.15, 0.2) is 0 Å². The molecule has 134 valence electrons. The van der Waals surface area contributed by atoms with Gasteiger partial charge in [-0.1, -0.05) is 26.0 Å². The van der Waals surface area contributed by atoms with Gasteiger partial charge in [-0.2, -0.15) is 0 Å². The standard InChI is InChI=1S/C19H26N4O2/c1-19(2)16(12-9-11-25-17(12)19)23-18(24)20-10-5-8-15-21-13-6-3-4-7-14(13)22-15/h3-4,6-7,12,16-17H,5,8-11H2,1-2H3,(H,21,22)(H2,20,23,24)/t12-,16-,17+/m1/s1. The third-order valence-electron chi connectivity index (χ3n) is 5.70. The molecule has 3 N–H and O–H groups in total. The Morgan fingerprint density at radius 3 is 3.08 bits per heavy atom. The fourth-order valence-electron chi connectivity index (χ4n) is 4.39. The summed E-state index contributed by atoms with van der Waals surface area (Å²) in [6.45, 7) is 5.80. The van der Waals surface area contributed by atoms with Crippen molar-refractivity contribution >= 4 is 17.1 Å². The Kier molecular flexibility index (Phi) is 4.15. The Hall–Kier alpha value is -2.08. The van der Waals surface area contributed by atoms with Crippen LogP contribution in [0, 0.1) is 11.3 Å². The fourth-order valence-corrected chi connectivity index (χ4v) is 4.39. The average molecular weight is 342 g/mol. The number of carbonyl (C=O) groups excluding carboxylic acids is 1. The number of aromatic nitrogens is 2. The number of aromatic amines is 1. The number of amides is 2. The van der Waals surface area contributed by atoms with Gasteiger partial charge in [0.05, 0.1) is 17.1 Å². The molecule has 0 unspecified atom stereocenters. The number of carbonyl (C=O) groups is 1. The van der Waals surface area contributed by atoms with Gasteiger partial charge < -0.3 is 20.4 Å². The minimum Gasteiger partial charge on any atom is -0.377 e. The second-order valence-corrected chi connectivity index (χ2v) is 7.75. The van der Waals surface area contributed by atoms with Gasteiger partial charge >= 0.3 is 6.03 Å². The first-order valence-electron chi connectivity index (χ1n) is 9.15. The van der Waals surface area contributed by atoms with E-state index in [0.717, 1.165) is 42.7 Å². The third-order valence-corrected chi connectivity index (χ3v) is 5.70. The number of hydrogen-bond donors (Lipinski definition) is 3. The lowest BCUT2D eigenvalue weighted by Crippen LogP contribution is -2.67. The van der Waals surface area contributed by atoms with Crippen LogP contribution >= 0.6 is 0 Å². The van der Waals surface area contributed by atoms with Gasteiger partial charge in [-0.05, 0) is 25.0 Å². The van der Waals surface area contributed by atoms with Crippen molar-refractivity contribution in [1.82, 2.24) is 20.6 Å². The largest absolute Gasteiger partial charge is 0.377 e. The maximum atomic E-state index is 12.2. The minimum absolute atomic E-state index is 0.0206. The summed E-state index contributed by atoms with van der Waals surface area (Å²) in [7, 11) is 0. The summed E-state index contributed by atoms with van der Waals surface area (Å²) in [5.41, 5.74) is 2.07. The number of nitrogens with zero attached hydrogens (tertiary/aromatic N) is 1. The minimum atomic E-state index is -0.0759. The first-order valence-corrected chi connectivity index (χ1v) is 9.15. The molecule has 3 atom stereocenters. The molecule has 0 spiro atoms. The van der Waals surface area contributed by atoms with E-state index in [4.69, 9.17) is 4.74 Å². The molecule has 4 rings (SSSR count). The first-order chi connectivity index (χ1) is 12.1. The summed E-state index contributed by atoms with van der Waals surface area (Å²) < 4.78 is 5.77. The van der Waals surface area contributed by atoms with E-state index < -0.39 is 0 Å². The summed E-state index contributed by atoms with van der Waals surface area (Å²) in [6.07, 6.45) is 3.02. The van der Waals surface area contributed by atoms with Gasteiger partial charge in [-0.3, -0.25) is 0 Å². The molecule has 6 nitrogen and oxygen atoms in total. The lowest BCUT2D eigenvalue weighted by molar-refractivity contribution is -0.108. The van der Waals surface area contributed by atoms with Gasteiger partial charge in [-0.25, -0.2) is 9.78 Å². The van der Waals surface area contributed by atoms with E-state index >= 15 is 0 Å². The number of H-pyrrole nitrogens is 1. The van der Waals surface area contributed by atoms with E-state index in [2.05, 4.69) is 34.4 Å². The van der Waals surface area contributed by atoms with E-state index in [1.165, 1.54) is 0 Å². The van der Waals surface area contributed by atoms with Crippen LogP contribution in [0.2, 0.25) is 0 Å². The molecule has 2 fully saturated rings. The number of nitrogens with one attached hydrogen (secondary N) is 3. The highest BCUT2D eigenvalue weighted by Gasteiger charge is 2.59. The van der Waals surface area contributed by atoms with Crippen molar-refractivity contribution in [3.8, 4) is 0 Å². The van der Waals surface area contributed by atoms with Crippen molar-refractivity contribution in [3.63, 3.8) is 0 Å². The van der Waals surface area contributed by atoms with Crippen LogP contribution in [0.3, 0.4) is 0 Å². The zero-order valence-corrected chi connectivity index (χ0v) is 14.8. The van der Waals surface area contributed by atoms with Crippen molar-refractivity contribution < 1.29 is 9.53 Å². The topological polar surface area (TPSA) is 79.0 Å². The molecule has 1 saturated carbocycles. The molecular weight excluding hydrogens is 316 g/mol. The summed E-state index contributed by atoms with van der Waals surface area (Å²) in [5.74, 6) is 1.44. The second-order valence-electron chi connectivity index (χ2n) is 7.75. The predicted molar refractivity (Wildman–Crippen MR) is 96.4 cm³/mol. The number of fused-ring (bicyclic) bond motifs is 2. The van der Waals surface area contributed by atoms with Crippen LogP contribution in [0.25, 0.3) is 11.0 Å². The highest BCUT2D eigenvalue weighted by Crippen LogP contribution is 2.51.